The van der Waals surface area contributed by atoms with Gasteiger partial charge in [0, 0.05) is 0 Å². The lowest BCUT2D eigenvalue weighted by Gasteiger charge is -2.13. The van der Waals surface area contributed by atoms with Crippen LogP contribution in [-0.2, 0) is 4.79 Å². The van der Waals surface area contributed by atoms with Crippen LogP contribution in [0.25, 0.3) is 0 Å². The minimum Gasteiger partial charge on any atom is -0.478 e. The molecule has 0 heterocycles. The summed E-state index contributed by atoms with van der Waals surface area (Å²) in [5.74, 6) is -2.73. The monoisotopic (exact) mass is 240 g/mol. The molecule has 92 valence electrons. The lowest BCUT2D eigenvalue weighted by Crippen LogP contribution is -2.36. The van der Waals surface area contributed by atoms with Crippen LogP contribution < -0.4 is 10.6 Å². The van der Waals surface area contributed by atoms with Gasteiger partial charge in [0.05, 0.1) is 11.7 Å². The molecule has 1 rings (SSSR count). The number of carbonyl (C=O) groups excluding carboxylic acids is 1. The van der Waals surface area contributed by atoms with Crippen LogP contribution in [0.5, 0.6) is 0 Å². The number of anilines is 1. The summed E-state index contributed by atoms with van der Waals surface area (Å²) < 4.78 is 13.3. The second-order valence-corrected chi connectivity index (χ2v) is 3.47. The highest BCUT2D eigenvalue weighted by Crippen LogP contribution is 2.19. The smallest absolute Gasteiger partial charge is 0.340 e. The van der Waals surface area contributed by atoms with E-state index in [1.807, 2.05) is 0 Å². The van der Waals surface area contributed by atoms with Gasteiger partial charge in [-0.3, -0.25) is 4.79 Å². The summed E-state index contributed by atoms with van der Waals surface area (Å²) in [6.45, 7) is 1.61. The summed E-state index contributed by atoms with van der Waals surface area (Å²) in [4.78, 5) is 22.4. The fourth-order valence-electron chi connectivity index (χ4n) is 1.22. The van der Waals surface area contributed by atoms with Crippen molar-refractivity contribution in [3.8, 4) is 0 Å². The van der Waals surface area contributed by atoms with Crippen LogP contribution in [0.3, 0.4) is 0 Å². The zero-order valence-corrected chi connectivity index (χ0v) is 9.45. The molecule has 0 aliphatic carbocycles. The zero-order chi connectivity index (χ0) is 13.0. The van der Waals surface area contributed by atoms with Crippen LogP contribution in [0, 0.1) is 5.82 Å². The molecule has 1 atom stereocenters. The SMILES string of the molecule is CNC(C)C(=O)Nc1cccc(F)c1C(=O)O. The lowest BCUT2D eigenvalue weighted by atomic mass is 10.1. The zero-order valence-electron chi connectivity index (χ0n) is 9.45. The van der Waals surface area contributed by atoms with Gasteiger partial charge in [-0.25, -0.2) is 9.18 Å². The highest BCUT2D eigenvalue weighted by molar-refractivity contribution is 6.02. The molecule has 1 amide bonds. The number of amides is 1. The normalized spacial score (nSPS) is 11.9. The summed E-state index contributed by atoms with van der Waals surface area (Å²) >= 11 is 0. The van der Waals surface area contributed by atoms with E-state index >= 15 is 0 Å². The van der Waals surface area contributed by atoms with Gasteiger partial charge in [0.1, 0.15) is 11.4 Å². The van der Waals surface area contributed by atoms with Crippen molar-refractivity contribution in [2.45, 2.75) is 13.0 Å². The van der Waals surface area contributed by atoms with Crippen LogP contribution in [-0.4, -0.2) is 30.1 Å². The fraction of sp³-hybridized carbons (Fsp3) is 0.273. The molecule has 0 aliphatic heterocycles. The van der Waals surface area contributed by atoms with E-state index in [2.05, 4.69) is 10.6 Å². The number of aromatic carboxylic acids is 1. The van der Waals surface area contributed by atoms with E-state index in [1.165, 1.54) is 12.1 Å². The number of likely N-dealkylation sites (N-methyl/N-ethyl adjacent to an activating group) is 1. The van der Waals surface area contributed by atoms with Gasteiger partial charge in [0.15, 0.2) is 0 Å². The van der Waals surface area contributed by atoms with Crippen LogP contribution in [0.1, 0.15) is 17.3 Å². The quantitative estimate of drug-likeness (QED) is 0.735. The Morgan fingerprint density at radius 2 is 2.06 bits per heavy atom. The van der Waals surface area contributed by atoms with Crippen molar-refractivity contribution >= 4 is 17.6 Å². The van der Waals surface area contributed by atoms with E-state index in [-0.39, 0.29) is 5.69 Å². The van der Waals surface area contributed by atoms with Gasteiger partial charge < -0.3 is 15.7 Å². The number of carbonyl (C=O) groups is 2. The van der Waals surface area contributed by atoms with Crippen molar-refractivity contribution in [1.29, 1.82) is 0 Å². The van der Waals surface area contributed by atoms with Crippen molar-refractivity contribution < 1.29 is 19.1 Å². The predicted octanol–water partition coefficient (Wildman–Crippen LogP) is 1.07. The minimum atomic E-state index is -1.42. The number of nitrogens with one attached hydrogen (secondary N) is 2. The Hall–Kier alpha value is -1.95. The van der Waals surface area contributed by atoms with E-state index in [4.69, 9.17) is 5.11 Å². The van der Waals surface area contributed by atoms with Gasteiger partial charge in [-0.15, -0.1) is 0 Å². The molecule has 5 nitrogen and oxygen atoms in total. The van der Waals surface area contributed by atoms with Gasteiger partial charge >= 0.3 is 5.97 Å². The second kappa shape index (κ2) is 5.40. The number of hydrogen-bond acceptors (Lipinski definition) is 3. The molecule has 1 aromatic carbocycles. The largest absolute Gasteiger partial charge is 0.478 e. The number of halogens is 1. The highest BCUT2D eigenvalue weighted by atomic mass is 19.1. The average Bonchev–Trinajstić information content (AvgIpc) is 2.27. The predicted molar refractivity (Wildman–Crippen MR) is 60.5 cm³/mol. The Bertz CT molecular complexity index is 448. The summed E-state index contributed by atoms with van der Waals surface area (Å²) in [5.41, 5.74) is -0.589. The molecule has 0 aromatic heterocycles. The van der Waals surface area contributed by atoms with E-state index < -0.39 is 29.3 Å². The lowest BCUT2D eigenvalue weighted by molar-refractivity contribution is -0.117. The van der Waals surface area contributed by atoms with Crippen molar-refractivity contribution in [3.05, 3.63) is 29.6 Å². The first-order valence-electron chi connectivity index (χ1n) is 4.97. The number of carboxylic acids is 1. The van der Waals surface area contributed by atoms with Crippen molar-refractivity contribution in [1.82, 2.24) is 5.32 Å². The van der Waals surface area contributed by atoms with Gasteiger partial charge in [-0.05, 0) is 26.1 Å². The Morgan fingerprint density at radius 1 is 1.41 bits per heavy atom. The van der Waals surface area contributed by atoms with Gasteiger partial charge in [-0.2, -0.15) is 0 Å². The molecular formula is C11H13FN2O3. The topological polar surface area (TPSA) is 78.4 Å². The summed E-state index contributed by atoms with van der Waals surface area (Å²) in [5, 5.41) is 13.9. The summed E-state index contributed by atoms with van der Waals surface area (Å²) in [6.07, 6.45) is 0. The Labute approximate surface area is 97.6 Å². The minimum absolute atomic E-state index is 0.0513. The first-order valence-corrected chi connectivity index (χ1v) is 4.97. The molecule has 17 heavy (non-hydrogen) atoms. The van der Waals surface area contributed by atoms with E-state index in [0.717, 1.165) is 6.07 Å². The van der Waals surface area contributed by atoms with E-state index in [9.17, 15) is 14.0 Å². The molecule has 0 aliphatic rings. The first-order chi connectivity index (χ1) is 7.97. The molecule has 1 unspecified atom stereocenters. The molecule has 0 saturated heterocycles. The maximum absolute atomic E-state index is 13.3. The van der Waals surface area contributed by atoms with Gasteiger partial charge in [-0.1, -0.05) is 6.07 Å². The van der Waals surface area contributed by atoms with Crippen LogP contribution in [0.2, 0.25) is 0 Å². The van der Waals surface area contributed by atoms with Gasteiger partial charge in [0.2, 0.25) is 5.91 Å². The second-order valence-electron chi connectivity index (χ2n) is 3.47. The van der Waals surface area contributed by atoms with Gasteiger partial charge in [0.25, 0.3) is 0 Å². The van der Waals surface area contributed by atoms with Crippen LogP contribution in [0.4, 0.5) is 10.1 Å². The number of rotatable bonds is 4. The first kappa shape index (κ1) is 13.1. The number of hydrogen-bond donors (Lipinski definition) is 3. The maximum atomic E-state index is 13.3. The molecule has 1 aromatic rings. The molecular weight excluding hydrogens is 227 g/mol. The van der Waals surface area contributed by atoms with Crippen molar-refractivity contribution in [3.63, 3.8) is 0 Å². The molecule has 0 spiro atoms. The highest BCUT2D eigenvalue weighted by Gasteiger charge is 2.18. The average molecular weight is 240 g/mol. The molecule has 3 N–H and O–H groups in total. The Morgan fingerprint density at radius 3 is 2.59 bits per heavy atom. The van der Waals surface area contributed by atoms with E-state index in [1.54, 1.807) is 14.0 Å². The third-order valence-electron chi connectivity index (χ3n) is 2.31. The number of carboxylic acid groups (broad SMARTS) is 1. The molecule has 0 radical (unpaired) electrons. The molecule has 0 bridgehead atoms. The van der Waals surface area contributed by atoms with Crippen LogP contribution >= 0.6 is 0 Å². The van der Waals surface area contributed by atoms with Crippen molar-refractivity contribution in [2.24, 2.45) is 0 Å². The van der Waals surface area contributed by atoms with Crippen LogP contribution in [0.15, 0.2) is 18.2 Å². The van der Waals surface area contributed by atoms with Crippen molar-refractivity contribution in [2.75, 3.05) is 12.4 Å². The summed E-state index contributed by atoms with van der Waals surface area (Å²) in [7, 11) is 1.59. The third kappa shape index (κ3) is 3.01. The molecule has 0 saturated carbocycles. The summed E-state index contributed by atoms with van der Waals surface area (Å²) in [6, 6.07) is 3.20. The molecule has 0 fully saturated rings. The molecule has 6 heteroatoms. The Balaban J connectivity index is 3.03. The van der Waals surface area contributed by atoms with E-state index in [0.29, 0.717) is 0 Å². The fourth-order valence-corrected chi connectivity index (χ4v) is 1.22. The third-order valence-corrected chi connectivity index (χ3v) is 2.31. The number of benzene rings is 1. The maximum Gasteiger partial charge on any atom is 0.340 e. The standard InChI is InChI=1S/C11H13FN2O3/c1-6(13-2)10(15)14-8-5-3-4-7(12)9(8)11(16)17/h3-6,13H,1-2H3,(H,14,15)(H,16,17). The Kier molecular flexibility index (Phi) is 4.17.